The summed E-state index contributed by atoms with van der Waals surface area (Å²) in [5, 5.41) is 7.88. The molecule has 1 aliphatic rings. The molecule has 0 spiro atoms. The van der Waals surface area contributed by atoms with Crippen molar-refractivity contribution in [1.82, 2.24) is 20.0 Å². The van der Waals surface area contributed by atoms with Gasteiger partial charge in [0.05, 0.1) is 5.92 Å². The van der Waals surface area contributed by atoms with E-state index in [1.807, 2.05) is 47.4 Å². The first kappa shape index (κ1) is 20.0. The highest BCUT2D eigenvalue weighted by molar-refractivity contribution is 5.98. The normalized spacial score (nSPS) is 16.3. The van der Waals surface area contributed by atoms with Crippen molar-refractivity contribution in [1.29, 1.82) is 0 Å². The minimum atomic E-state index is -0.122. The molecule has 32 heavy (non-hydrogen) atoms. The third kappa shape index (κ3) is 3.99. The number of hydrogen-bond acceptors (Lipinski definition) is 5. The minimum Gasteiger partial charge on any atom is -0.351 e. The molecule has 2 amide bonds. The molecule has 0 radical (unpaired) electrons. The predicted molar refractivity (Wildman–Crippen MR) is 120 cm³/mol. The zero-order chi connectivity index (χ0) is 22.1. The Labute approximate surface area is 184 Å². The smallest absolute Gasteiger partial charge is 0.270 e. The van der Waals surface area contributed by atoms with E-state index in [4.69, 9.17) is 4.52 Å². The van der Waals surface area contributed by atoms with Crippen molar-refractivity contribution < 1.29 is 14.1 Å². The number of aromatic nitrogens is 3. The van der Waals surface area contributed by atoms with Gasteiger partial charge in [0.25, 0.3) is 5.91 Å². The number of carbonyl (C=O) groups is 2. The number of amides is 2. The quantitative estimate of drug-likeness (QED) is 0.506. The highest BCUT2D eigenvalue weighted by Crippen LogP contribution is 2.29. The van der Waals surface area contributed by atoms with E-state index in [-0.39, 0.29) is 17.7 Å². The van der Waals surface area contributed by atoms with Gasteiger partial charge in [0, 0.05) is 42.2 Å². The summed E-state index contributed by atoms with van der Waals surface area (Å²) >= 11 is 0. The maximum Gasteiger partial charge on any atom is 0.270 e. The molecule has 2 aromatic carbocycles. The fourth-order valence-electron chi connectivity index (χ4n) is 4.15. The molecule has 0 unspecified atom stereocenters. The molecule has 1 aliphatic heterocycles. The molecule has 2 aromatic heterocycles. The maximum absolute atomic E-state index is 13.1. The van der Waals surface area contributed by atoms with Crippen molar-refractivity contribution in [3.63, 3.8) is 0 Å². The summed E-state index contributed by atoms with van der Waals surface area (Å²) in [6.07, 6.45) is 1.76. The van der Waals surface area contributed by atoms with Crippen LogP contribution in [0.3, 0.4) is 0 Å². The Morgan fingerprint density at radius 2 is 1.97 bits per heavy atom. The number of para-hydroxylation sites is 1. The highest BCUT2D eigenvalue weighted by atomic mass is 16.5. The fraction of sp³-hybridized carbons (Fsp3) is 0.250. The number of nitrogens with one attached hydrogen (secondary N) is 2. The molecule has 8 heteroatoms. The van der Waals surface area contributed by atoms with Crippen LogP contribution in [-0.2, 0) is 4.79 Å². The Morgan fingerprint density at radius 1 is 1.16 bits per heavy atom. The number of anilines is 1. The van der Waals surface area contributed by atoms with Crippen molar-refractivity contribution in [3.05, 3.63) is 66.2 Å². The van der Waals surface area contributed by atoms with E-state index in [1.165, 1.54) is 6.92 Å². The number of rotatable bonds is 4. The monoisotopic (exact) mass is 429 g/mol. The summed E-state index contributed by atoms with van der Waals surface area (Å²) in [5.74, 6) is 0.896. The first-order valence-electron chi connectivity index (χ1n) is 10.7. The predicted octanol–water partition coefficient (Wildman–Crippen LogP) is 4.20. The Kier molecular flexibility index (Phi) is 5.18. The molecule has 0 aliphatic carbocycles. The third-order valence-corrected chi connectivity index (χ3v) is 5.72. The van der Waals surface area contributed by atoms with E-state index in [0.29, 0.717) is 36.2 Å². The maximum atomic E-state index is 13.1. The Bertz CT molecular complexity index is 1240. The molecule has 1 atom stereocenters. The first-order chi connectivity index (χ1) is 15.6. The van der Waals surface area contributed by atoms with Gasteiger partial charge in [-0.15, -0.1) is 0 Å². The van der Waals surface area contributed by atoms with Crippen molar-refractivity contribution in [2.24, 2.45) is 0 Å². The zero-order valence-electron chi connectivity index (χ0n) is 17.7. The van der Waals surface area contributed by atoms with Crippen LogP contribution in [0.25, 0.3) is 22.3 Å². The average molecular weight is 429 g/mol. The van der Waals surface area contributed by atoms with Crippen LogP contribution in [0.2, 0.25) is 0 Å². The van der Waals surface area contributed by atoms with E-state index in [1.54, 1.807) is 12.1 Å². The molecule has 0 bridgehead atoms. The van der Waals surface area contributed by atoms with Gasteiger partial charge in [0.1, 0.15) is 5.69 Å². The summed E-state index contributed by atoms with van der Waals surface area (Å²) in [7, 11) is 0. The summed E-state index contributed by atoms with van der Waals surface area (Å²) in [6, 6.07) is 17.0. The number of carbonyl (C=O) groups excluding carboxylic acids is 2. The fourth-order valence-corrected chi connectivity index (χ4v) is 4.15. The van der Waals surface area contributed by atoms with Gasteiger partial charge < -0.3 is 19.7 Å². The molecule has 3 heterocycles. The lowest BCUT2D eigenvalue weighted by Crippen LogP contribution is -2.39. The molecule has 5 rings (SSSR count). The van der Waals surface area contributed by atoms with Gasteiger partial charge in [-0.1, -0.05) is 23.4 Å². The number of hydrogen-bond donors (Lipinski definition) is 2. The molecular formula is C24H23N5O3. The van der Waals surface area contributed by atoms with Crippen LogP contribution in [-0.4, -0.2) is 44.9 Å². The van der Waals surface area contributed by atoms with Crippen LogP contribution in [0.15, 0.2) is 59.1 Å². The van der Waals surface area contributed by atoms with E-state index in [9.17, 15) is 9.59 Å². The van der Waals surface area contributed by atoms with Gasteiger partial charge in [-0.25, -0.2) is 0 Å². The summed E-state index contributed by atoms with van der Waals surface area (Å²) in [6.45, 7) is 2.71. The summed E-state index contributed by atoms with van der Waals surface area (Å²) < 4.78 is 5.56. The van der Waals surface area contributed by atoms with Crippen LogP contribution in [0.4, 0.5) is 5.69 Å². The number of fused-ring (bicyclic) bond motifs is 1. The van der Waals surface area contributed by atoms with E-state index in [2.05, 4.69) is 20.4 Å². The zero-order valence-corrected chi connectivity index (χ0v) is 17.7. The van der Waals surface area contributed by atoms with Crippen molar-refractivity contribution in [3.8, 4) is 11.4 Å². The van der Waals surface area contributed by atoms with Crippen LogP contribution >= 0.6 is 0 Å². The number of piperidine rings is 1. The van der Waals surface area contributed by atoms with Crippen LogP contribution < -0.4 is 5.32 Å². The van der Waals surface area contributed by atoms with Gasteiger partial charge in [-0.3, -0.25) is 9.59 Å². The minimum absolute atomic E-state index is 0.00280. The number of likely N-dealkylation sites (tertiary alicyclic amines) is 1. The van der Waals surface area contributed by atoms with Gasteiger partial charge in [-0.05, 0) is 49.2 Å². The Hall–Kier alpha value is -3.94. The lowest BCUT2D eigenvalue weighted by molar-refractivity contribution is -0.114. The van der Waals surface area contributed by atoms with Gasteiger partial charge in [0.15, 0.2) is 0 Å². The molecule has 1 saturated heterocycles. The molecule has 0 saturated carbocycles. The number of aromatic amines is 1. The second-order valence-corrected chi connectivity index (χ2v) is 8.08. The molecule has 2 N–H and O–H groups in total. The average Bonchev–Trinajstić information content (AvgIpc) is 3.46. The standard InChI is InChI=1S/C24H23N5O3/c1-15(30)25-19-10-8-16(9-11-19)22-27-23(32-28-22)18-6-4-12-29(14-18)24(31)21-13-17-5-2-3-7-20(17)26-21/h2-3,5,7-11,13,18,26H,4,6,12,14H2,1H3,(H,25,30)/t18-/m1/s1. The second kappa shape index (κ2) is 8.30. The summed E-state index contributed by atoms with van der Waals surface area (Å²) in [4.78, 5) is 33.9. The van der Waals surface area contributed by atoms with Gasteiger partial charge in [0.2, 0.25) is 17.6 Å². The Morgan fingerprint density at radius 3 is 2.75 bits per heavy atom. The molecule has 8 nitrogen and oxygen atoms in total. The number of benzene rings is 2. The second-order valence-electron chi connectivity index (χ2n) is 8.08. The van der Waals surface area contributed by atoms with Crippen LogP contribution in [0.1, 0.15) is 42.1 Å². The highest BCUT2D eigenvalue weighted by Gasteiger charge is 2.29. The van der Waals surface area contributed by atoms with Gasteiger partial charge >= 0.3 is 0 Å². The van der Waals surface area contributed by atoms with Crippen molar-refractivity contribution in [2.45, 2.75) is 25.7 Å². The van der Waals surface area contributed by atoms with Crippen molar-refractivity contribution >= 4 is 28.4 Å². The van der Waals surface area contributed by atoms with E-state index < -0.39 is 0 Å². The Balaban J connectivity index is 1.30. The third-order valence-electron chi connectivity index (χ3n) is 5.72. The molecule has 162 valence electrons. The molecule has 4 aromatic rings. The lowest BCUT2D eigenvalue weighted by Gasteiger charge is -2.30. The lowest BCUT2D eigenvalue weighted by atomic mass is 9.97. The number of H-pyrrole nitrogens is 1. The number of nitrogens with zero attached hydrogens (tertiary/aromatic N) is 3. The summed E-state index contributed by atoms with van der Waals surface area (Å²) in [5.41, 5.74) is 3.06. The van der Waals surface area contributed by atoms with E-state index >= 15 is 0 Å². The SMILES string of the molecule is CC(=O)Nc1ccc(-c2noc([C@@H]3CCCN(C(=O)c4cc5ccccc5[nH]4)C3)n2)cc1. The molecule has 1 fully saturated rings. The van der Waals surface area contributed by atoms with Crippen LogP contribution in [0.5, 0.6) is 0 Å². The largest absolute Gasteiger partial charge is 0.351 e. The van der Waals surface area contributed by atoms with Crippen LogP contribution in [0, 0.1) is 0 Å². The first-order valence-corrected chi connectivity index (χ1v) is 10.7. The topological polar surface area (TPSA) is 104 Å². The van der Waals surface area contributed by atoms with Gasteiger partial charge in [-0.2, -0.15) is 4.98 Å². The molecular weight excluding hydrogens is 406 g/mol. The van der Waals surface area contributed by atoms with Crippen molar-refractivity contribution in [2.75, 3.05) is 18.4 Å². The van der Waals surface area contributed by atoms with E-state index in [0.717, 1.165) is 29.3 Å².